The molecular formula is C18H20O6. The van der Waals surface area contributed by atoms with Crippen LogP contribution in [0.3, 0.4) is 0 Å². The average molecular weight is 332 g/mol. The fourth-order valence-corrected chi connectivity index (χ4v) is 4.59. The predicted octanol–water partition coefficient (Wildman–Crippen LogP) is 1.85. The number of carbonyl (C=O) groups excluding carboxylic acids is 2. The van der Waals surface area contributed by atoms with Gasteiger partial charge in [0.1, 0.15) is 11.6 Å². The molecule has 0 aromatic heterocycles. The summed E-state index contributed by atoms with van der Waals surface area (Å²) < 4.78 is 0. The van der Waals surface area contributed by atoms with Crippen LogP contribution in [-0.4, -0.2) is 33.7 Å². The molecule has 6 heteroatoms. The van der Waals surface area contributed by atoms with Gasteiger partial charge < -0.3 is 10.2 Å². The summed E-state index contributed by atoms with van der Waals surface area (Å²) in [5, 5.41) is 18.8. The van der Waals surface area contributed by atoms with Crippen molar-refractivity contribution in [3.63, 3.8) is 0 Å². The second kappa shape index (κ2) is 6.00. The lowest BCUT2D eigenvalue weighted by Gasteiger charge is -2.34. The van der Waals surface area contributed by atoms with Crippen LogP contribution in [0.15, 0.2) is 23.3 Å². The normalized spacial score (nSPS) is 36.0. The molecule has 0 aromatic rings. The molecule has 1 fully saturated rings. The van der Waals surface area contributed by atoms with Gasteiger partial charge in [0, 0.05) is 25.2 Å². The van der Waals surface area contributed by atoms with E-state index in [1.54, 1.807) is 13.0 Å². The molecule has 0 saturated heterocycles. The molecule has 3 aliphatic carbocycles. The first-order valence-corrected chi connectivity index (χ1v) is 8.18. The lowest BCUT2D eigenvalue weighted by Crippen LogP contribution is -2.38. The molecule has 6 nitrogen and oxygen atoms in total. The number of Topliss-reactive ketones (excluding diaryl/α,β-unsaturated/α-hetero) is 2. The van der Waals surface area contributed by atoms with Crippen LogP contribution in [0.1, 0.15) is 32.6 Å². The highest BCUT2D eigenvalue weighted by molar-refractivity contribution is 5.92. The van der Waals surface area contributed by atoms with Gasteiger partial charge >= 0.3 is 11.9 Å². The second-order valence-electron chi connectivity index (χ2n) is 7.07. The maximum atomic E-state index is 12.5. The highest BCUT2D eigenvalue weighted by atomic mass is 16.4. The number of ketones is 2. The number of carboxylic acid groups (broad SMARTS) is 2. The van der Waals surface area contributed by atoms with Gasteiger partial charge in [0.15, 0.2) is 0 Å². The van der Waals surface area contributed by atoms with Gasteiger partial charge in [-0.25, -0.2) is 0 Å². The van der Waals surface area contributed by atoms with Crippen molar-refractivity contribution < 1.29 is 29.4 Å². The fraction of sp³-hybridized carbons (Fsp3) is 0.556. The van der Waals surface area contributed by atoms with Crippen LogP contribution in [0.5, 0.6) is 0 Å². The zero-order chi connectivity index (χ0) is 17.6. The Balaban J connectivity index is 1.95. The fourth-order valence-electron chi connectivity index (χ4n) is 4.59. The van der Waals surface area contributed by atoms with Gasteiger partial charge in [-0.3, -0.25) is 19.2 Å². The minimum absolute atomic E-state index is 0.0351. The molecule has 3 aliphatic rings. The summed E-state index contributed by atoms with van der Waals surface area (Å²) >= 11 is 0. The first kappa shape index (κ1) is 16.6. The van der Waals surface area contributed by atoms with Crippen molar-refractivity contribution in [1.29, 1.82) is 0 Å². The molecule has 128 valence electrons. The van der Waals surface area contributed by atoms with Crippen molar-refractivity contribution >= 4 is 23.5 Å². The zero-order valence-corrected chi connectivity index (χ0v) is 13.4. The number of hydrogen-bond donors (Lipinski definition) is 2. The topological polar surface area (TPSA) is 109 Å². The van der Waals surface area contributed by atoms with Gasteiger partial charge in [-0.2, -0.15) is 0 Å². The van der Waals surface area contributed by atoms with Crippen LogP contribution in [-0.2, 0) is 19.2 Å². The Morgan fingerprint density at radius 1 is 1.12 bits per heavy atom. The SMILES string of the molecule is CC1=CC(C2C(=O)CC3CC(=O)CC=C32)CC(C(=O)O)C1C(=O)O. The van der Waals surface area contributed by atoms with E-state index in [1.807, 2.05) is 6.08 Å². The Kier molecular flexibility index (Phi) is 4.15. The quantitative estimate of drug-likeness (QED) is 0.763. The van der Waals surface area contributed by atoms with E-state index in [9.17, 15) is 29.4 Å². The van der Waals surface area contributed by atoms with E-state index >= 15 is 0 Å². The van der Waals surface area contributed by atoms with Gasteiger partial charge in [-0.05, 0) is 25.2 Å². The largest absolute Gasteiger partial charge is 0.481 e. The lowest BCUT2D eigenvalue weighted by atomic mass is 9.69. The predicted molar refractivity (Wildman–Crippen MR) is 83.0 cm³/mol. The van der Waals surface area contributed by atoms with Crippen LogP contribution in [0.4, 0.5) is 0 Å². The van der Waals surface area contributed by atoms with Crippen LogP contribution in [0.2, 0.25) is 0 Å². The molecule has 1 saturated carbocycles. The monoisotopic (exact) mass is 332 g/mol. The summed E-state index contributed by atoms with van der Waals surface area (Å²) in [6, 6.07) is 0. The van der Waals surface area contributed by atoms with Crippen molar-refractivity contribution in [3.05, 3.63) is 23.3 Å². The molecule has 0 aromatic carbocycles. The van der Waals surface area contributed by atoms with Gasteiger partial charge in [0.05, 0.1) is 11.8 Å². The molecule has 0 bridgehead atoms. The smallest absolute Gasteiger partial charge is 0.311 e. The van der Waals surface area contributed by atoms with E-state index in [0.717, 1.165) is 5.57 Å². The number of rotatable bonds is 3. The van der Waals surface area contributed by atoms with E-state index in [1.165, 1.54) is 0 Å². The molecule has 0 radical (unpaired) electrons. The average Bonchev–Trinajstić information content (AvgIpc) is 2.80. The van der Waals surface area contributed by atoms with Crippen molar-refractivity contribution in [1.82, 2.24) is 0 Å². The summed E-state index contributed by atoms with van der Waals surface area (Å²) in [7, 11) is 0. The molecule has 24 heavy (non-hydrogen) atoms. The van der Waals surface area contributed by atoms with E-state index in [0.29, 0.717) is 24.8 Å². The standard InChI is InChI=1S/C18H20O6/c1-8-4-10(6-13(17(21)22)15(8)18(23)24)16-12-3-2-11(19)5-9(12)7-14(16)20/h3-4,9-10,13,15-16H,2,5-7H2,1H3,(H,21,22)(H,23,24). The van der Waals surface area contributed by atoms with Crippen LogP contribution < -0.4 is 0 Å². The molecule has 3 rings (SSSR count). The molecule has 0 heterocycles. The van der Waals surface area contributed by atoms with Crippen LogP contribution in [0.25, 0.3) is 0 Å². The minimum atomic E-state index is -1.15. The van der Waals surface area contributed by atoms with Crippen molar-refractivity contribution in [2.24, 2.45) is 29.6 Å². The number of carbonyl (C=O) groups is 4. The molecule has 0 aliphatic heterocycles. The zero-order valence-electron chi connectivity index (χ0n) is 13.4. The Morgan fingerprint density at radius 3 is 2.46 bits per heavy atom. The van der Waals surface area contributed by atoms with E-state index in [2.05, 4.69) is 0 Å². The summed E-state index contributed by atoms with van der Waals surface area (Å²) in [4.78, 5) is 47.1. The van der Waals surface area contributed by atoms with Crippen LogP contribution in [0, 0.1) is 29.6 Å². The van der Waals surface area contributed by atoms with Gasteiger partial charge in [0.25, 0.3) is 0 Å². The maximum Gasteiger partial charge on any atom is 0.311 e. The number of aliphatic carboxylic acids is 2. The lowest BCUT2D eigenvalue weighted by molar-refractivity contribution is -0.153. The van der Waals surface area contributed by atoms with Crippen molar-refractivity contribution in [2.75, 3.05) is 0 Å². The van der Waals surface area contributed by atoms with E-state index < -0.39 is 29.7 Å². The molecule has 2 N–H and O–H groups in total. The Bertz CT molecular complexity index is 686. The summed E-state index contributed by atoms with van der Waals surface area (Å²) in [5.74, 6) is -4.98. The maximum absolute atomic E-state index is 12.5. The third-order valence-corrected chi connectivity index (χ3v) is 5.57. The Labute approximate surface area is 139 Å². The summed E-state index contributed by atoms with van der Waals surface area (Å²) in [5.41, 5.74) is 1.45. The van der Waals surface area contributed by atoms with Crippen molar-refractivity contribution in [3.8, 4) is 0 Å². The number of hydrogen-bond acceptors (Lipinski definition) is 4. The molecular weight excluding hydrogens is 312 g/mol. The highest BCUT2D eigenvalue weighted by Gasteiger charge is 2.48. The Hall–Kier alpha value is -2.24. The first-order valence-electron chi connectivity index (χ1n) is 8.18. The highest BCUT2D eigenvalue weighted by Crippen LogP contribution is 2.47. The molecule has 5 unspecified atom stereocenters. The van der Waals surface area contributed by atoms with Gasteiger partial charge in [-0.1, -0.05) is 23.3 Å². The van der Waals surface area contributed by atoms with Gasteiger partial charge in [0.2, 0.25) is 0 Å². The van der Waals surface area contributed by atoms with Crippen molar-refractivity contribution in [2.45, 2.75) is 32.6 Å². The Morgan fingerprint density at radius 2 is 1.83 bits per heavy atom. The minimum Gasteiger partial charge on any atom is -0.481 e. The number of allylic oxidation sites excluding steroid dienone is 3. The third kappa shape index (κ3) is 2.70. The van der Waals surface area contributed by atoms with E-state index in [4.69, 9.17) is 0 Å². The summed E-state index contributed by atoms with van der Waals surface area (Å²) in [6.45, 7) is 1.62. The second-order valence-corrected chi connectivity index (χ2v) is 7.07. The van der Waals surface area contributed by atoms with Gasteiger partial charge in [-0.15, -0.1) is 0 Å². The van der Waals surface area contributed by atoms with E-state index in [-0.39, 0.29) is 29.8 Å². The third-order valence-electron chi connectivity index (χ3n) is 5.57. The van der Waals surface area contributed by atoms with Crippen LogP contribution >= 0.6 is 0 Å². The molecule has 5 atom stereocenters. The summed E-state index contributed by atoms with van der Waals surface area (Å²) in [6.07, 6.45) is 4.76. The molecule has 0 amide bonds. The number of carboxylic acids is 2. The molecule has 0 spiro atoms. The number of fused-ring (bicyclic) bond motifs is 1. The first-order chi connectivity index (χ1) is 11.3.